The molecule has 0 radical (unpaired) electrons. The Morgan fingerprint density at radius 1 is 1.35 bits per heavy atom. The van der Waals surface area contributed by atoms with Crippen LogP contribution in [-0.2, 0) is 0 Å². The summed E-state index contributed by atoms with van der Waals surface area (Å²) < 4.78 is 0. The molecule has 0 atom stereocenters. The van der Waals surface area contributed by atoms with Gasteiger partial charge in [-0.25, -0.2) is 4.79 Å². The average Bonchev–Trinajstić information content (AvgIpc) is 2.27. The summed E-state index contributed by atoms with van der Waals surface area (Å²) in [4.78, 5) is 15.5. The van der Waals surface area contributed by atoms with Gasteiger partial charge in [0.15, 0.2) is 0 Å². The first kappa shape index (κ1) is 11.6. The van der Waals surface area contributed by atoms with E-state index in [0.717, 1.165) is 22.0 Å². The van der Waals surface area contributed by atoms with Crippen molar-refractivity contribution in [1.29, 1.82) is 0 Å². The second-order valence-electron chi connectivity index (χ2n) is 4.52. The van der Waals surface area contributed by atoms with Gasteiger partial charge in [-0.2, -0.15) is 0 Å². The number of nitrogens with zero attached hydrogens (tertiary/aromatic N) is 1. The predicted octanol–water partition coefficient (Wildman–Crippen LogP) is 3.36. The molecule has 1 N–H and O–H groups in total. The Kier molecular flexibility index (Phi) is 2.84. The molecule has 0 saturated heterocycles. The lowest BCUT2D eigenvalue weighted by Gasteiger charge is -2.13. The van der Waals surface area contributed by atoms with Crippen molar-refractivity contribution in [3.05, 3.63) is 41.1 Å². The maximum Gasteiger partial charge on any atom is 0.337 e. The van der Waals surface area contributed by atoms with Crippen LogP contribution in [0.4, 0.5) is 0 Å². The van der Waals surface area contributed by atoms with Crippen LogP contribution in [-0.4, -0.2) is 16.1 Å². The molecule has 3 heteroatoms. The molecule has 88 valence electrons. The highest BCUT2D eigenvalue weighted by Gasteiger charge is 2.17. The fourth-order valence-corrected chi connectivity index (χ4v) is 2.18. The zero-order chi connectivity index (χ0) is 12.6. The molecule has 0 amide bonds. The van der Waals surface area contributed by atoms with Gasteiger partial charge in [0.25, 0.3) is 0 Å². The average molecular weight is 229 g/mol. The van der Waals surface area contributed by atoms with Gasteiger partial charge in [0.05, 0.1) is 11.1 Å². The lowest BCUT2D eigenvalue weighted by Crippen LogP contribution is -2.06. The van der Waals surface area contributed by atoms with Gasteiger partial charge in [-0.05, 0) is 24.0 Å². The van der Waals surface area contributed by atoms with Crippen LogP contribution >= 0.6 is 0 Å². The number of aromatic nitrogens is 1. The Morgan fingerprint density at radius 3 is 2.65 bits per heavy atom. The van der Waals surface area contributed by atoms with Crippen molar-refractivity contribution in [3.8, 4) is 0 Å². The number of aryl methyl sites for hydroxylation is 1. The molecule has 3 nitrogen and oxygen atoms in total. The number of carboxylic acid groups (broad SMARTS) is 1. The molecule has 0 aliphatic heterocycles. The van der Waals surface area contributed by atoms with Crippen LogP contribution in [0.5, 0.6) is 0 Å². The Morgan fingerprint density at radius 2 is 2.06 bits per heavy atom. The number of aromatic carboxylic acids is 1. The molecule has 0 aliphatic rings. The van der Waals surface area contributed by atoms with Gasteiger partial charge >= 0.3 is 5.97 Å². The largest absolute Gasteiger partial charge is 0.478 e. The monoisotopic (exact) mass is 229 g/mol. The molecule has 0 unspecified atom stereocenters. The second-order valence-corrected chi connectivity index (χ2v) is 4.52. The van der Waals surface area contributed by atoms with E-state index in [4.69, 9.17) is 0 Å². The molecule has 1 aromatic carbocycles. The molecular formula is C14H15NO2. The summed E-state index contributed by atoms with van der Waals surface area (Å²) in [5.74, 6) is -0.752. The number of para-hydroxylation sites is 1. The first-order chi connectivity index (χ1) is 8.02. The maximum atomic E-state index is 11.2. The lowest BCUT2D eigenvalue weighted by atomic mass is 9.93. The number of benzene rings is 1. The number of hydrogen-bond donors (Lipinski definition) is 1. The highest BCUT2D eigenvalue weighted by atomic mass is 16.4. The summed E-state index contributed by atoms with van der Waals surface area (Å²) in [6.07, 6.45) is 1.47. The fourth-order valence-electron chi connectivity index (χ4n) is 2.18. The van der Waals surface area contributed by atoms with Crippen molar-refractivity contribution < 1.29 is 9.90 Å². The summed E-state index contributed by atoms with van der Waals surface area (Å²) in [6, 6.07) is 5.87. The quantitative estimate of drug-likeness (QED) is 0.859. The summed E-state index contributed by atoms with van der Waals surface area (Å²) in [7, 11) is 0. The second kappa shape index (κ2) is 4.17. The van der Waals surface area contributed by atoms with Crippen LogP contribution < -0.4 is 0 Å². The smallest absolute Gasteiger partial charge is 0.337 e. The van der Waals surface area contributed by atoms with E-state index >= 15 is 0 Å². The van der Waals surface area contributed by atoms with E-state index in [-0.39, 0.29) is 5.92 Å². The van der Waals surface area contributed by atoms with Crippen LogP contribution in [0.15, 0.2) is 24.4 Å². The first-order valence-corrected chi connectivity index (χ1v) is 5.64. The summed E-state index contributed by atoms with van der Waals surface area (Å²) in [5.41, 5.74) is 3.13. The van der Waals surface area contributed by atoms with Gasteiger partial charge in [0.1, 0.15) is 0 Å². The van der Waals surface area contributed by atoms with E-state index in [0.29, 0.717) is 5.56 Å². The van der Waals surface area contributed by atoms with Crippen molar-refractivity contribution >= 4 is 16.9 Å². The van der Waals surface area contributed by atoms with E-state index in [2.05, 4.69) is 4.98 Å². The maximum absolute atomic E-state index is 11.2. The Balaban J connectivity index is 2.89. The number of carbonyl (C=O) groups is 1. The molecule has 1 aromatic heterocycles. The molecule has 0 spiro atoms. The standard InChI is InChI=1S/C14H15NO2/c1-8(2)12-10-6-4-5-9(3)13(10)15-7-11(12)14(16)17/h4-8H,1-3H3,(H,16,17). The topological polar surface area (TPSA) is 50.2 Å². The molecule has 17 heavy (non-hydrogen) atoms. The minimum absolute atomic E-state index is 0.161. The molecule has 2 aromatic rings. The molecule has 0 bridgehead atoms. The molecule has 0 saturated carbocycles. The number of pyridine rings is 1. The van der Waals surface area contributed by atoms with Crippen molar-refractivity contribution in [2.24, 2.45) is 0 Å². The number of hydrogen-bond acceptors (Lipinski definition) is 2. The van der Waals surface area contributed by atoms with E-state index < -0.39 is 5.97 Å². The third-order valence-electron chi connectivity index (χ3n) is 2.95. The third-order valence-corrected chi connectivity index (χ3v) is 2.95. The van der Waals surface area contributed by atoms with Crippen LogP contribution in [0.2, 0.25) is 0 Å². The van der Waals surface area contributed by atoms with Gasteiger partial charge < -0.3 is 5.11 Å². The van der Waals surface area contributed by atoms with Crippen LogP contribution in [0.25, 0.3) is 10.9 Å². The molecular weight excluding hydrogens is 214 g/mol. The van der Waals surface area contributed by atoms with Crippen molar-refractivity contribution in [2.75, 3.05) is 0 Å². The number of carboxylic acids is 1. The normalized spacial score (nSPS) is 11.1. The Labute approximate surface area is 100 Å². The third kappa shape index (κ3) is 1.88. The van der Waals surface area contributed by atoms with E-state index in [1.807, 2.05) is 39.0 Å². The minimum atomic E-state index is -0.912. The molecule has 0 aliphatic carbocycles. The highest BCUT2D eigenvalue weighted by Crippen LogP contribution is 2.29. The summed E-state index contributed by atoms with van der Waals surface area (Å²) in [6.45, 7) is 5.99. The van der Waals surface area contributed by atoms with E-state index in [1.165, 1.54) is 6.20 Å². The minimum Gasteiger partial charge on any atom is -0.478 e. The van der Waals surface area contributed by atoms with Gasteiger partial charge in [0, 0.05) is 11.6 Å². The Bertz CT molecular complexity index is 588. The van der Waals surface area contributed by atoms with Crippen LogP contribution in [0.3, 0.4) is 0 Å². The zero-order valence-corrected chi connectivity index (χ0v) is 10.2. The van der Waals surface area contributed by atoms with Crippen molar-refractivity contribution in [1.82, 2.24) is 4.98 Å². The van der Waals surface area contributed by atoms with E-state index in [1.54, 1.807) is 0 Å². The van der Waals surface area contributed by atoms with Gasteiger partial charge in [-0.3, -0.25) is 4.98 Å². The van der Waals surface area contributed by atoms with Crippen LogP contribution in [0.1, 0.15) is 41.3 Å². The van der Waals surface area contributed by atoms with Gasteiger partial charge in [-0.15, -0.1) is 0 Å². The number of fused-ring (bicyclic) bond motifs is 1. The van der Waals surface area contributed by atoms with Crippen molar-refractivity contribution in [2.45, 2.75) is 26.7 Å². The summed E-state index contributed by atoms with van der Waals surface area (Å²) >= 11 is 0. The van der Waals surface area contributed by atoms with Crippen molar-refractivity contribution in [3.63, 3.8) is 0 Å². The highest BCUT2D eigenvalue weighted by molar-refractivity contribution is 5.97. The van der Waals surface area contributed by atoms with Crippen LogP contribution in [0, 0.1) is 6.92 Å². The van der Waals surface area contributed by atoms with Gasteiger partial charge in [-0.1, -0.05) is 32.0 Å². The first-order valence-electron chi connectivity index (χ1n) is 5.64. The molecule has 1 heterocycles. The van der Waals surface area contributed by atoms with E-state index in [9.17, 15) is 9.90 Å². The predicted molar refractivity (Wildman–Crippen MR) is 67.5 cm³/mol. The number of rotatable bonds is 2. The SMILES string of the molecule is Cc1cccc2c(C(C)C)c(C(=O)O)cnc12. The molecule has 2 rings (SSSR count). The Hall–Kier alpha value is -1.90. The fraction of sp³-hybridized carbons (Fsp3) is 0.286. The van der Waals surface area contributed by atoms with Gasteiger partial charge in [0.2, 0.25) is 0 Å². The molecule has 0 fully saturated rings. The summed E-state index contributed by atoms with van der Waals surface area (Å²) in [5, 5.41) is 10.1. The lowest BCUT2D eigenvalue weighted by molar-refractivity contribution is 0.0695. The zero-order valence-electron chi connectivity index (χ0n) is 10.2.